The van der Waals surface area contributed by atoms with Crippen LogP contribution in [0.3, 0.4) is 0 Å². The van der Waals surface area contributed by atoms with Crippen molar-refractivity contribution in [1.82, 2.24) is 4.72 Å². The number of hydrogen-bond donors (Lipinski definition) is 2. The van der Waals surface area contributed by atoms with Crippen LogP contribution < -0.4 is 10.0 Å². The zero-order valence-electron chi connectivity index (χ0n) is 19.3. The van der Waals surface area contributed by atoms with Gasteiger partial charge in [-0.15, -0.1) is 0 Å². The summed E-state index contributed by atoms with van der Waals surface area (Å²) in [7, 11) is -3.60. The fourth-order valence-corrected chi connectivity index (χ4v) is 5.78. The Bertz CT molecular complexity index is 1570. The molecule has 6 nitrogen and oxygen atoms in total. The second-order valence-electron chi connectivity index (χ2n) is 8.71. The van der Waals surface area contributed by atoms with Crippen LogP contribution in [0.5, 0.6) is 0 Å². The van der Waals surface area contributed by atoms with E-state index in [-0.39, 0.29) is 16.8 Å². The first-order chi connectivity index (χ1) is 17.4. The zero-order chi connectivity index (χ0) is 25.1. The lowest BCUT2D eigenvalue weighted by molar-refractivity contribution is 0.102. The minimum Gasteiger partial charge on any atom is -0.322 e. The number of benzene rings is 4. The van der Waals surface area contributed by atoms with Crippen LogP contribution in [0.4, 0.5) is 5.69 Å². The minimum absolute atomic E-state index is 0.241. The summed E-state index contributed by atoms with van der Waals surface area (Å²) < 4.78 is 28.2. The number of nitrogens with one attached hydrogen (secondary N) is 2. The summed E-state index contributed by atoms with van der Waals surface area (Å²) in [6.07, 6.45) is 1.14. The Morgan fingerprint density at radius 3 is 2.28 bits per heavy atom. The van der Waals surface area contributed by atoms with E-state index in [0.717, 1.165) is 22.3 Å². The summed E-state index contributed by atoms with van der Waals surface area (Å²) in [5, 5.41) is 12.0. The van der Waals surface area contributed by atoms with E-state index in [9.17, 15) is 13.2 Å². The van der Waals surface area contributed by atoms with Crippen LogP contribution in [-0.4, -0.2) is 20.4 Å². The molecule has 0 aliphatic heterocycles. The molecule has 1 aliphatic carbocycles. The molecule has 178 valence electrons. The van der Waals surface area contributed by atoms with Gasteiger partial charge < -0.3 is 5.32 Å². The second kappa shape index (κ2) is 9.78. The van der Waals surface area contributed by atoms with Crippen molar-refractivity contribution < 1.29 is 13.2 Å². The van der Waals surface area contributed by atoms with Crippen LogP contribution in [0.2, 0.25) is 0 Å². The van der Waals surface area contributed by atoms with Gasteiger partial charge in [0.25, 0.3) is 5.91 Å². The molecule has 4 aromatic carbocycles. The molecule has 0 radical (unpaired) electrons. The molecule has 2 N–H and O–H groups in total. The molecular formula is C29H23N3O3S. The molecule has 1 amide bonds. The number of fused-ring (bicyclic) bond motifs is 1. The summed E-state index contributed by atoms with van der Waals surface area (Å²) in [6, 6.07) is 30.3. The number of amides is 1. The normalized spacial score (nSPS) is 14.6. The molecule has 5 rings (SSSR count). The maximum atomic E-state index is 13.2. The summed E-state index contributed by atoms with van der Waals surface area (Å²) in [4.78, 5) is 13.4. The molecule has 0 saturated heterocycles. The molecule has 4 aromatic rings. The molecule has 0 aromatic heterocycles. The van der Waals surface area contributed by atoms with Gasteiger partial charge in [0, 0.05) is 17.3 Å². The molecule has 1 unspecified atom stereocenters. The average molecular weight is 494 g/mol. The maximum absolute atomic E-state index is 13.2. The van der Waals surface area contributed by atoms with Gasteiger partial charge in [0.05, 0.1) is 16.5 Å². The van der Waals surface area contributed by atoms with E-state index in [0.29, 0.717) is 29.7 Å². The standard InChI is InChI=1S/C29H23N3O3S/c30-19-20-10-12-21(13-11-20)27-8-4-5-9-28(27)29(33)31-24-15-14-22-16-25(18-23(22)17-24)32-36(34,35)26-6-2-1-3-7-26/h1-15,17,25,32H,16,18H2,(H,31,33). The zero-order valence-corrected chi connectivity index (χ0v) is 20.1. The van der Waals surface area contributed by atoms with Crippen LogP contribution in [0, 0.1) is 11.3 Å². The Morgan fingerprint density at radius 1 is 0.833 bits per heavy atom. The quantitative estimate of drug-likeness (QED) is 0.398. The highest BCUT2D eigenvalue weighted by Gasteiger charge is 2.27. The van der Waals surface area contributed by atoms with Gasteiger partial charge in [-0.05, 0) is 77.6 Å². The van der Waals surface area contributed by atoms with Crippen LogP contribution in [-0.2, 0) is 22.9 Å². The predicted octanol–water partition coefficient (Wildman–Crippen LogP) is 4.92. The largest absolute Gasteiger partial charge is 0.322 e. The van der Waals surface area contributed by atoms with Gasteiger partial charge in [0.1, 0.15) is 0 Å². The number of nitrogens with zero attached hydrogens (tertiary/aromatic N) is 1. The number of carbonyl (C=O) groups is 1. The summed E-state index contributed by atoms with van der Waals surface area (Å²) in [5.41, 5.74) is 5.43. The Hall–Kier alpha value is -4.25. The molecule has 1 aliphatic rings. The van der Waals surface area contributed by atoms with Gasteiger partial charge in [-0.3, -0.25) is 4.79 Å². The van der Waals surface area contributed by atoms with E-state index >= 15 is 0 Å². The lowest BCUT2D eigenvalue weighted by Crippen LogP contribution is -2.35. The smallest absolute Gasteiger partial charge is 0.256 e. The first-order valence-corrected chi connectivity index (χ1v) is 13.0. The van der Waals surface area contributed by atoms with E-state index in [1.807, 2.05) is 48.5 Å². The molecular weight excluding hydrogens is 470 g/mol. The highest BCUT2D eigenvalue weighted by atomic mass is 32.2. The van der Waals surface area contributed by atoms with E-state index in [4.69, 9.17) is 5.26 Å². The van der Waals surface area contributed by atoms with E-state index in [1.165, 1.54) is 0 Å². The van der Waals surface area contributed by atoms with Crippen LogP contribution in [0.15, 0.2) is 102 Å². The van der Waals surface area contributed by atoms with Crippen LogP contribution >= 0.6 is 0 Å². The molecule has 0 spiro atoms. The third-order valence-electron chi connectivity index (χ3n) is 6.27. The highest BCUT2D eigenvalue weighted by molar-refractivity contribution is 7.89. The monoisotopic (exact) mass is 493 g/mol. The van der Waals surface area contributed by atoms with E-state index in [2.05, 4.69) is 16.1 Å². The highest BCUT2D eigenvalue weighted by Crippen LogP contribution is 2.28. The fraction of sp³-hybridized carbons (Fsp3) is 0.103. The number of carbonyl (C=O) groups excluding carboxylic acids is 1. The Labute approximate surface area is 210 Å². The van der Waals surface area contributed by atoms with Gasteiger partial charge in [-0.1, -0.05) is 54.6 Å². The predicted molar refractivity (Wildman–Crippen MR) is 139 cm³/mol. The third-order valence-corrected chi connectivity index (χ3v) is 7.81. The van der Waals surface area contributed by atoms with Crippen molar-refractivity contribution in [2.45, 2.75) is 23.8 Å². The van der Waals surface area contributed by atoms with Gasteiger partial charge in [-0.25, -0.2) is 13.1 Å². The molecule has 0 bridgehead atoms. The van der Waals surface area contributed by atoms with E-state index < -0.39 is 10.0 Å². The number of anilines is 1. The fourth-order valence-electron chi connectivity index (χ4n) is 4.52. The molecule has 0 heterocycles. The molecule has 36 heavy (non-hydrogen) atoms. The average Bonchev–Trinajstić information content (AvgIpc) is 3.30. The van der Waals surface area contributed by atoms with Gasteiger partial charge in [0.15, 0.2) is 0 Å². The minimum atomic E-state index is -3.60. The second-order valence-corrected chi connectivity index (χ2v) is 10.4. The number of nitriles is 1. The van der Waals surface area contributed by atoms with Gasteiger partial charge in [0.2, 0.25) is 10.0 Å². The summed E-state index contributed by atoms with van der Waals surface area (Å²) in [5.74, 6) is -0.241. The molecule has 7 heteroatoms. The first kappa shape index (κ1) is 23.5. The van der Waals surface area contributed by atoms with Crippen LogP contribution in [0.1, 0.15) is 27.0 Å². The lowest BCUT2D eigenvalue weighted by atomic mass is 9.98. The van der Waals surface area contributed by atoms with Crippen LogP contribution in [0.25, 0.3) is 11.1 Å². The van der Waals surface area contributed by atoms with Crippen molar-refractivity contribution in [3.8, 4) is 17.2 Å². The Morgan fingerprint density at radius 2 is 1.53 bits per heavy atom. The molecule has 0 fully saturated rings. The van der Waals surface area contributed by atoms with Crippen molar-refractivity contribution >= 4 is 21.6 Å². The third kappa shape index (κ3) is 4.91. The van der Waals surface area contributed by atoms with Crippen molar-refractivity contribution in [3.05, 3.63) is 119 Å². The van der Waals surface area contributed by atoms with Crippen molar-refractivity contribution in [2.24, 2.45) is 0 Å². The maximum Gasteiger partial charge on any atom is 0.256 e. The van der Waals surface area contributed by atoms with Crippen molar-refractivity contribution in [3.63, 3.8) is 0 Å². The summed E-state index contributed by atoms with van der Waals surface area (Å²) in [6.45, 7) is 0. The van der Waals surface area contributed by atoms with Gasteiger partial charge >= 0.3 is 0 Å². The van der Waals surface area contributed by atoms with E-state index in [1.54, 1.807) is 48.5 Å². The number of sulfonamides is 1. The number of hydrogen-bond acceptors (Lipinski definition) is 4. The molecule has 0 saturated carbocycles. The summed E-state index contributed by atoms with van der Waals surface area (Å²) >= 11 is 0. The SMILES string of the molecule is N#Cc1ccc(-c2ccccc2C(=O)Nc2ccc3c(c2)CC(NS(=O)(=O)c2ccccc2)C3)cc1. The Kier molecular flexibility index (Phi) is 6.38. The lowest BCUT2D eigenvalue weighted by Gasteiger charge is -2.12. The van der Waals surface area contributed by atoms with Crippen molar-refractivity contribution in [1.29, 1.82) is 5.26 Å². The van der Waals surface area contributed by atoms with Gasteiger partial charge in [-0.2, -0.15) is 5.26 Å². The molecule has 1 atom stereocenters. The van der Waals surface area contributed by atoms with Crippen molar-refractivity contribution in [2.75, 3.05) is 5.32 Å². The topological polar surface area (TPSA) is 99.1 Å². The number of rotatable bonds is 6. The first-order valence-electron chi connectivity index (χ1n) is 11.5. The Balaban J connectivity index is 1.31.